The van der Waals surface area contributed by atoms with Gasteiger partial charge < -0.3 is 9.64 Å². The Labute approximate surface area is 80.6 Å². The van der Waals surface area contributed by atoms with Gasteiger partial charge in [-0.1, -0.05) is 6.92 Å². The van der Waals surface area contributed by atoms with Crippen molar-refractivity contribution >= 4 is 0 Å². The van der Waals surface area contributed by atoms with Gasteiger partial charge in [0.25, 0.3) is 0 Å². The first-order valence-corrected chi connectivity index (χ1v) is 5.45. The van der Waals surface area contributed by atoms with Crippen molar-refractivity contribution in [3.05, 3.63) is 0 Å². The van der Waals surface area contributed by atoms with Gasteiger partial charge in [-0.2, -0.15) is 0 Å². The van der Waals surface area contributed by atoms with Gasteiger partial charge in [0.1, 0.15) is 0 Å². The Morgan fingerprint density at radius 1 is 1.23 bits per heavy atom. The van der Waals surface area contributed by atoms with Crippen molar-refractivity contribution in [2.45, 2.75) is 19.4 Å². The second-order valence-electron chi connectivity index (χ2n) is 4.04. The van der Waals surface area contributed by atoms with Crippen molar-refractivity contribution in [1.82, 2.24) is 9.80 Å². The molecule has 0 amide bonds. The van der Waals surface area contributed by atoms with Crippen molar-refractivity contribution in [3.63, 3.8) is 0 Å². The molecule has 3 heteroatoms. The van der Waals surface area contributed by atoms with Crippen LogP contribution in [0.15, 0.2) is 0 Å². The van der Waals surface area contributed by atoms with Gasteiger partial charge in [0.05, 0.1) is 12.7 Å². The third kappa shape index (κ3) is 2.42. The first kappa shape index (κ1) is 9.44. The van der Waals surface area contributed by atoms with Gasteiger partial charge in [-0.05, 0) is 26.1 Å². The Hall–Kier alpha value is -0.120. The maximum atomic E-state index is 5.73. The average Bonchev–Trinajstić information content (AvgIpc) is 2.12. The third-order valence-corrected chi connectivity index (χ3v) is 3.08. The highest BCUT2D eigenvalue weighted by molar-refractivity contribution is 4.77. The van der Waals surface area contributed by atoms with E-state index >= 15 is 0 Å². The summed E-state index contributed by atoms with van der Waals surface area (Å²) in [5.74, 6) is 0. The molecule has 76 valence electrons. The zero-order valence-electron chi connectivity index (χ0n) is 8.54. The highest BCUT2D eigenvalue weighted by Crippen LogP contribution is 2.11. The summed E-state index contributed by atoms with van der Waals surface area (Å²) in [6, 6.07) is 0. The number of hydrogen-bond acceptors (Lipinski definition) is 3. The van der Waals surface area contributed by atoms with Crippen molar-refractivity contribution in [2.24, 2.45) is 0 Å². The summed E-state index contributed by atoms with van der Waals surface area (Å²) in [6.07, 6.45) is 1.85. The summed E-state index contributed by atoms with van der Waals surface area (Å²) < 4.78 is 5.73. The molecule has 0 aromatic rings. The fourth-order valence-electron chi connectivity index (χ4n) is 2.03. The molecule has 2 aliphatic heterocycles. The van der Waals surface area contributed by atoms with E-state index in [1.54, 1.807) is 0 Å². The van der Waals surface area contributed by atoms with Gasteiger partial charge in [-0.25, -0.2) is 0 Å². The third-order valence-electron chi connectivity index (χ3n) is 3.08. The van der Waals surface area contributed by atoms with Crippen LogP contribution in [0.4, 0.5) is 0 Å². The smallest absolute Gasteiger partial charge is 0.0829 e. The molecule has 2 aliphatic rings. The minimum atomic E-state index is 0.467. The Morgan fingerprint density at radius 2 is 2.08 bits per heavy atom. The quantitative estimate of drug-likeness (QED) is 0.632. The lowest BCUT2D eigenvalue weighted by atomic mass is 10.2. The lowest BCUT2D eigenvalue weighted by Crippen LogP contribution is -2.50. The van der Waals surface area contributed by atoms with Crippen LogP contribution in [0, 0.1) is 0 Å². The van der Waals surface area contributed by atoms with E-state index in [-0.39, 0.29) is 0 Å². The molecule has 0 N–H and O–H groups in total. The molecule has 2 fully saturated rings. The minimum Gasteiger partial charge on any atom is -0.374 e. The van der Waals surface area contributed by atoms with Crippen LogP contribution in [0.1, 0.15) is 13.3 Å². The fraction of sp³-hybridized carbons (Fsp3) is 1.00. The minimum absolute atomic E-state index is 0.467. The molecular weight excluding hydrogens is 164 g/mol. The summed E-state index contributed by atoms with van der Waals surface area (Å²) in [5, 5.41) is 0. The molecule has 0 radical (unpaired) electrons. The summed E-state index contributed by atoms with van der Waals surface area (Å²) in [7, 11) is 0. The number of likely N-dealkylation sites (tertiary alicyclic amines) is 1. The molecule has 1 atom stereocenters. The molecule has 2 rings (SSSR count). The largest absolute Gasteiger partial charge is 0.374 e. The molecule has 2 heterocycles. The van der Waals surface area contributed by atoms with Crippen LogP contribution in [-0.2, 0) is 4.74 Å². The average molecular weight is 184 g/mol. The van der Waals surface area contributed by atoms with Crippen molar-refractivity contribution in [1.29, 1.82) is 0 Å². The summed E-state index contributed by atoms with van der Waals surface area (Å²) in [4.78, 5) is 4.97. The molecule has 2 saturated heterocycles. The highest BCUT2D eigenvalue weighted by Gasteiger charge is 2.23. The topological polar surface area (TPSA) is 15.7 Å². The number of likely N-dealkylation sites (N-methyl/N-ethyl adjacent to an activating group) is 1. The fourth-order valence-corrected chi connectivity index (χ4v) is 2.03. The van der Waals surface area contributed by atoms with Gasteiger partial charge in [-0.3, -0.25) is 4.90 Å². The molecular formula is C10H20N2O. The number of rotatable bonds is 3. The van der Waals surface area contributed by atoms with Crippen LogP contribution in [0.2, 0.25) is 0 Å². The van der Waals surface area contributed by atoms with Crippen LogP contribution >= 0.6 is 0 Å². The van der Waals surface area contributed by atoms with Gasteiger partial charge >= 0.3 is 0 Å². The molecule has 0 aromatic heterocycles. The molecule has 3 nitrogen and oxygen atoms in total. The first-order valence-electron chi connectivity index (χ1n) is 5.45. The van der Waals surface area contributed by atoms with E-state index in [1.165, 1.54) is 26.1 Å². The lowest BCUT2D eigenvalue weighted by Gasteiger charge is -2.38. The van der Waals surface area contributed by atoms with E-state index in [2.05, 4.69) is 16.7 Å². The number of nitrogens with zero attached hydrogens (tertiary/aromatic N) is 2. The maximum Gasteiger partial charge on any atom is 0.0829 e. The number of morpholine rings is 1. The summed E-state index contributed by atoms with van der Waals surface area (Å²) in [5.41, 5.74) is 0. The summed E-state index contributed by atoms with van der Waals surface area (Å²) >= 11 is 0. The molecule has 0 saturated carbocycles. The van der Waals surface area contributed by atoms with Gasteiger partial charge in [0, 0.05) is 19.6 Å². The number of ether oxygens (including phenoxy) is 1. The number of hydrogen-bond donors (Lipinski definition) is 0. The maximum absolute atomic E-state index is 5.73. The zero-order chi connectivity index (χ0) is 9.10. The zero-order valence-corrected chi connectivity index (χ0v) is 8.54. The van der Waals surface area contributed by atoms with Crippen LogP contribution < -0.4 is 0 Å². The Kier molecular flexibility index (Phi) is 3.19. The molecule has 0 aromatic carbocycles. The van der Waals surface area contributed by atoms with E-state index in [1.807, 2.05) is 0 Å². The van der Waals surface area contributed by atoms with E-state index in [9.17, 15) is 0 Å². The highest BCUT2D eigenvalue weighted by atomic mass is 16.5. The molecule has 0 aliphatic carbocycles. The molecule has 0 spiro atoms. The van der Waals surface area contributed by atoms with E-state index in [4.69, 9.17) is 4.74 Å². The van der Waals surface area contributed by atoms with Crippen molar-refractivity contribution < 1.29 is 4.74 Å². The van der Waals surface area contributed by atoms with Crippen LogP contribution in [0.25, 0.3) is 0 Å². The Balaban J connectivity index is 1.71. The Bertz CT molecular complexity index is 157. The van der Waals surface area contributed by atoms with Crippen LogP contribution in [-0.4, -0.2) is 61.8 Å². The van der Waals surface area contributed by atoms with Crippen molar-refractivity contribution in [3.8, 4) is 0 Å². The summed E-state index contributed by atoms with van der Waals surface area (Å²) in [6.45, 7) is 10.3. The first-order chi connectivity index (χ1) is 6.38. The standard InChI is InChI=1S/C10H20N2O/c1-2-11-6-7-13-10(8-11)9-12-4-3-5-12/h10H,2-9H2,1H3. The van der Waals surface area contributed by atoms with E-state index < -0.39 is 0 Å². The lowest BCUT2D eigenvalue weighted by molar-refractivity contribution is -0.0492. The second kappa shape index (κ2) is 4.40. The van der Waals surface area contributed by atoms with Gasteiger partial charge in [0.2, 0.25) is 0 Å². The van der Waals surface area contributed by atoms with Gasteiger partial charge in [0.15, 0.2) is 0 Å². The molecule has 0 bridgehead atoms. The monoisotopic (exact) mass is 184 g/mol. The van der Waals surface area contributed by atoms with Crippen molar-refractivity contribution in [2.75, 3.05) is 45.9 Å². The second-order valence-corrected chi connectivity index (χ2v) is 4.04. The predicted molar refractivity (Wildman–Crippen MR) is 52.9 cm³/mol. The Morgan fingerprint density at radius 3 is 2.69 bits per heavy atom. The van der Waals surface area contributed by atoms with Crippen LogP contribution in [0.3, 0.4) is 0 Å². The van der Waals surface area contributed by atoms with Gasteiger partial charge in [-0.15, -0.1) is 0 Å². The van der Waals surface area contributed by atoms with E-state index in [0.29, 0.717) is 6.10 Å². The predicted octanol–water partition coefficient (Wildman–Crippen LogP) is 0.413. The van der Waals surface area contributed by atoms with Crippen LogP contribution in [0.5, 0.6) is 0 Å². The SMILES string of the molecule is CCN1CCOC(CN2CCC2)C1. The molecule has 13 heavy (non-hydrogen) atoms. The normalized spacial score (nSPS) is 31.6. The molecule has 1 unspecified atom stereocenters. The van der Waals surface area contributed by atoms with E-state index in [0.717, 1.165) is 26.2 Å².